The van der Waals surface area contributed by atoms with Gasteiger partial charge in [-0.2, -0.15) is 0 Å². The van der Waals surface area contributed by atoms with Crippen LogP contribution in [0, 0.1) is 5.41 Å². The van der Waals surface area contributed by atoms with E-state index in [1.165, 1.54) is 11.1 Å². The Kier molecular flexibility index (Phi) is 3.40. The lowest BCUT2D eigenvalue weighted by Crippen LogP contribution is -2.49. The van der Waals surface area contributed by atoms with E-state index in [2.05, 4.69) is 38.1 Å². The Hall–Kier alpha value is -0.860. The second-order valence-electron chi connectivity index (χ2n) is 6.05. The quantitative estimate of drug-likeness (QED) is 0.799. The van der Waals surface area contributed by atoms with Crippen molar-refractivity contribution in [2.24, 2.45) is 5.41 Å². The Morgan fingerprint density at radius 2 is 1.74 bits per heavy atom. The average Bonchev–Trinajstić information content (AvgIpc) is 2.49. The van der Waals surface area contributed by atoms with E-state index in [9.17, 15) is 0 Å². The maximum Gasteiger partial charge on any atom is 0.195 e. The summed E-state index contributed by atoms with van der Waals surface area (Å²) in [6, 6.07) is 8.60. The minimum absolute atomic E-state index is 0.220. The molecule has 104 valence electrons. The molecule has 19 heavy (non-hydrogen) atoms. The molecule has 0 N–H and O–H groups in total. The van der Waals surface area contributed by atoms with Crippen molar-refractivity contribution in [2.75, 3.05) is 13.2 Å². The summed E-state index contributed by atoms with van der Waals surface area (Å²) in [6.45, 7) is 6.13. The van der Waals surface area contributed by atoms with Gasteiger partial charge in [-0.1, -0.05) is 38.1 Å². The molecule has 3 rings (SSSR count). The van der Waals surface area contributed by atoms with E-state index in [4.69, 9.17) is 9.47 Å². The summed E-state index contributed by atoms with van der Waals surface area (Å²) in [7, 11) is 0. The third-order valence-electron chi connectivity index (χ3n) is 5.10. The predicted octanol–water partition coefficient (Wildman–Crippen LogP) is 4.03. The largest absolute Gasteiger partial charge is 0.345 e. The maximum atomic E-state index is 6.31. The Bertz CT molecular complexity index is 438. The van der Waals surface area contributed by atoms with Crippen LogP contribution < -0.4 is 0 Å². The molecule has 1 aromatic carbocycles. The second-order valence-corrected chi connectivity index (χ2v) is 6.05. The van der Waals surface area contributed by atoms with Gasteiger partial charge in [0.1, 0.15) is 0 Å². The molecule has 1 heterocycles. The molecule has 1 saturated heterocycles. The van der Waals surface area contributed by atoms with E-state index in [-0.39, 0.29) is 5.41 Å². The first-order valence-corrected chi connectivity index (χ1v) is 7.60. The zero-order chi connectivity index (χ0) is 13.3. The maximum absolute atomic E-state index is 6.31. The van der Waals surface area contributed by atoms with Gasteiger partial charge in [0.15, 0.2) is 5.79 Å². The van der Waals surface area contributed by atoms with Crippen molar-refractivity contribution in [1.29, 1.82) is 0 Å². The fourth-order valence-corrected chi connectivity index (χ4v) is 3.34. The van der Waals surface area contributed by atoms with Gasteiger partial charge in [0.05, 0.1) is 13.2 Å². The van der Waals surface area contributed by atoms with Gasteiger partial charge in [0.2, 0.25) is 0 Å². The zero-order valence-electron chi connectivity index (χ0n) is 12.1. The summed E-state index contributed by atoms with van der Waals surface area (Å²) in [5, 5.41) is 0. The number of hydrogen-bond acceptors (Lipinski definition) is 2. The van der Waals surface area contributed by atoms with Crippen LogP contribution in [0.3, 0.4) is 0 Å². The van der Waals surface area contributed by atoms with Gasteiger partial charge < -0.3 is 9.47 Å². The highest BCUT2D eigenvalue weighted by atomic mass is 16.7. The Morgan fingerprint density at radius 3 is 2.42 bits per heavy atom. The second kappa shape index (κ2) is 4.92. The van der Waals surface area contributed by atoms with Crippen LogP contribution in [-0.2, 0) is 21.7 Å². The summed E-state index contributed by atoms with van der Waals surface area (Å²) < 4.78 is 12.6. The van der Waals surface area contributed by atoms with E-state index < -0.39 is 5.79 Å². The predicted molar refractivity (Wildman–Crippen MR) is 76.0 cm³/mol. The molecular formula is C17H24O2. The van der Waals surface area contributed by atoms with E-state index in [1.807, 2.05) is 0 Å². The number of rotatable bonds is 2. The minimum Gasteiger partial charge on any atom is -0.345 e. The van der Waals surface area contributed by atoms with Crippen molar-refractivity contribution in [3.63, 3.8) is 0 Å². The molecule has 0 bridgehead atoms. The van der Waals surface area contributed by atoms with Gasteiger partial charge in [0, 0.05) is 17.4 Å². The van der Waals surface area contributed by atoms with E-state index in [0.29, 0.717) is 0 Å². The average molecular weight is 260 g/mol. The van der Waals surface area contributed by atoms with Crippen molar-refractivity contribution in [3.05, 3.63) is 35.4 Å². The standard InChI is InChI=1S/C17H24O2/c1-3-16(4-2)12-18-17(19-13-16)11-7-9-14-8-5-6-10-15(14)17/h5-6,8,10H,3-4,7,9,11-13H2,1-2H3. The van der Waals surface area contributed by atoms with E-state index in [1.54, 1.807) is 0 Å². The van der Waals surface area contributed by atoms with Gasteiger partial charge in [0.25, 0.3) is 0 Å². The molecule has 1 aliphatic heterocycles. The fraction of sp³-hybridized carbons (Fsp3) is 0.647. The van der Waals surface area contributed by atoms with Crippen LogP contribution in [0.5, 0.6) is 0 Å². The lowest BCUT2D eigenvalue weighted by molar-refractivity contribution is -0.319. The SMILES string of the molecule is CCC1(CC)COC2(CCCc3ccccc32)OC1. The molecule has 0 amide bonds. The molecule has 0 radical (unpaired) electrons. The molecule has 2 heteroatoms. The molecule has 1 spiro atoms. The topological polar surface area (TPSA) is 18.5 Å². The highest BCUT2D eigenvalue weighted by molar-refractivity contribution is 5.33. The fourth-order valence-electron chi connectivity index (χ4n) is 3.34. The Morgan fingerprint density at radius 1 is 1.05 bits per heavy atom. The third-order valence-corrected chi connectivity index (χ3v) is 5.10. The van der Waals surface area contributed by atoms with Crippen molar-refractivity contribution < 1.29 is 9.47 Å². The van der Waals surface area contributed by atoms with Crippen LogP contribution in [0.25, 0.3) is 0 Å². The highest BCUT2D eigenvalue weighted by Crippen LogP contribution is 2.46. The number of fused-ring (bicyclic) bond motifs is 2. The first-order chi connectivity index (χ1) is 9.24. The van der Waals surface area contributed by atoms with Gasteiger partial charge >= 0.3 is 0 Å². The Balaban J connectivity index is 1.88. The van der Waals surface area contributed by atoms with Crippen LogP contribution in [0.4, 0.5) is 0 Å². The van der Waals surface area contributed by atoms with Crippen LogP contribution in [0.15, 0.2) is 24.3 Å². The van der Waals surface area contributed by atoms with Gasteiger partial charge in [-0.25, -0.2) is 0 Å². The summed E-state index contributed by atoms with van der Waals surface area (Å²) in [6.07, 6.45) is 5.55. The summed E-state index contributed by atoms with van der Waals surface area (Å²) in [5.41, 5.74) is 2.88. The summed E-state index contributed by atoms with van der Waals surface area (Å²) in [5.74, 6) is -0.456. The van der Waals surface area contributed by atoms with Crippen molar-refractivity contribution >= 4 is 0 Å². The molecule has 0 saturated carbocycles. The first-order valence-electron chi connectivity index (χ1n) is 7.60. The van der Waals surface area contributed by atoms with Gasteiger partial charge in [-0.3, -0.25) is 0 Å². The van der Waals surface area contributed by atoms with E-state index in [0.717, 1.165) is 45.3 Å². The van der Waals surface area contributed by atoms with Gasteiger partial charge in [-0.15, -0.1) is 0 Å². The smallest absolute Gasteiger partial charge is 0.195 e. The van der Waals surface area contributed by atoms with Crippen LogP contribution in [0.1, 0.15) is 50.7 Å². The number of benzene rings is 1. The first kappa shape index (κ1) is 13.1. The number of ether oxygens (including phenoxy) is 2. The molecule has 0 atom stereocenters. The normalized spacial score (nSPS) is 24.1. The van der Waals surface area contributed by atoms with Crippen LogP contribution >= 0.6 is 0 Å². The molecule has 0 unspecified atom stereocenters. The Labute approximate surface area is 116 Å². The lowest BCUT2D eigenvalue weighted by Gasteiger charge is -2.48. The molecule has 2 nitrogen and oxygen atoms in total. The summed E-state index contributed by atoms with van der Waals surface area (Å²) in [4.78, 5) is 0. The zero-order valence-corrected chi connectivity index (χ0v) is 12.1. The van der Waals surface area contributed by atoms with Gasteiger partial charge in [-0.05, 0) is 31.2 Å². The molecule has 0 aromatic heterocycles. The van der Waals surface area contributed by atoms with Crippen molar-refractivity contribution in [3.8, 4) is 0 Å². The van der Waals surface area contributed by atoms with Crippen LogP contribution in [-0.4, -0.2) is 13.2 Å². The molecule has 2 aliphatic rings. The third kappa shape index (κ3) is 2.11. The van der Waals surface area contributed by atoms with Crippen LogP contribution in [0.2, 0.25) is 0 Å². The lowest BCUT2D eigenvalue weighted by atomic mass is 9.80. The number of aryl methyl sites for hydroxylation is 1. The van der Waals surface area contributed by atoms with Crippen molar-refractivity contribution in [2.45, 2.75) is 51.7 Å². The molecule has 1 aromatic rings. The highest BCUT2D eigenvalue weighted by Gasteiger charge is 2.46. The monoisotopic (exact) mass is 260 g/mol. The van der Waals surface area contributed by atoms with E-state index >= 15 is 0 Å². The summed E-state index contributed by atoms with van der Waals surface area (Å²) >= 11 is 0. The molecule has 1 fully saturated rings. The number of hydrogen-bond donors (Lipinski definition) is 0. The minimum atomic E-state index is -0.456. The molecule has 1 aliphatic carbocycles. The molecular weight excluding hydrogens is 236 g/mol. The van der Waals surface area contributed by atoms with Crippen molar-refractivity contribution in [1.82, 2.24) is 0 Å².